The van der Waals surface area contributed by atoms with Crippen molar-refractivity contribution in [1.82, 2.24) is 25.1 Å². The molecule has 1 aromatic heterocycles. The van der Waals surface area contributed by atoms with Gasteiger partial charge in [-0.2, -0.15) is 0 Å². The Balaban J connectivity index is 1.49. The van der Waals surface area contributed by atoms with Crippen LogP contribution in [0, 0.1) is 11.7 Å². The first-order chi connectivity index (χ1) is 19.4. The Kier molecular flexibility index (Phi) is 9.75. The molecule has 0 aliphatic heterocycles. The molecule has 1 amide bonds. The molecule has 7 nitrogen and oxygen atoms in total. The van der Waals surface area contributed by atoms with Crippen molar-refractivity contribution in [3.05, 3.63) is 65.2 Å². The van der Waals surface area contributed by atoms with Crippen LogP contribution in [0.5, 0.6) is 0 Å². The van der Waals surface area contributed by atoms with Crippen molar-refractivity contribution in [3.63, 3.8) is 0 Å². The van der Waals surface area contributed by atoms with Gasteiger partial charge < -0.3 is 24.8 Å². The molecule has 0 unspecified atom stereocenters. The Hall–Kier alpha value is -2.97. The Bertz CT molecular complexity index is 1290. The van der Waals surface area contributed by atoms with Crippen molar-refractivity contribution in [2.24, 2.45) is 5.92 Å². The maximum absolute atomic E-state index is 14.1. The van der Waals surface area contributed by atoms with E-state index in [-0.39, 0.29) is 29.2 Å². The highest BCUT2D eigenvalue weighted by molar-refractivity contribution is 5.75. The van der Waals surface area contributed by atoms with E-state index in [4.69, 9.17) is 9.72 Å². The van der Waals surface area contributed by atoms with E-state index in [0.29, 0.717) is 25.8 Å². The molecule has 2 aromatic carbocycles. The van der Waals surface area contributed by atoms with Gasteiger partial charge in [-0.15, -0.1) is 0 Å². The molecule has 224 valence electrons. The number of aromatic nitrogens is 2. The van der Waals surface area contributed by atoms with Gasteiger partial charge in [0, 0.05) is 37.4 Å². The monoisotopic (exact) mass is 565 g/mol. The zero-order valence-corrected chi connectivity index (χ0v) is 25.9. The third-order valence-electron chi connectivity index (χ3n) is 8.68. The maximum atomic E-state index is 14.1. The molecule has 2 atom stereocenters. The van der Waals surface area contributed by atoms with Gasteiger partial charge in [-0.05, 0) is 88.3 Å². The smallest absolute Gasteiger partial charge is 0.407 e. The normalized spacial score (nSPS) is 19.2. The minimum Gasteiger partial charge on any atom is -0.442 e. The van der Waals surface area contributed by atoms with Gasteiger partial charge in [0.2, 0.25) is 0 Å². The first-order valence-electron chi connectivity index (χ1n) is 14.9. The molecular weight excluding hydrogens is 517 g/mol. The van der Waals surface area contributed by atoms with E-state index in [1.807, 2.05) is 43.3 Å². The zero-order chi connectivity index (χ0) is 29.8. The summed E-state index contributed by atoms with van der Waals surface area (Å²) in [5.41, 5.74) is 3.37. The quantitative estimate of drug-likeness (QED) is 0.278. The lowest BCUT2D eigenvalue weighted by molar-refractivity contribution is -0.0444. The summed E-state index contributed by atoms with van der Waals surface area (Å²) in [7, 11) is 6.09. The second-order valence-electron chi connectivity index (χ2n) is 13.0. The predicted octanol–water partition coefficient (Wildman–Crippen LogP) is 6.10. The number of likely N-dealkylation sites (N-methyl/N-ethyl adjacent to an activating group) is 1. The molecule has 1 aliphatic carbocycles. The number of para-hydroxylation sites is 2. The summed E-state index contributed by atoms with van der Waals surface area (Å²) in [6.45, 7) is 11.7. The SMILES string of the molecule is CC(C)[C@H]1c2ccc(F)cc2CC[C@@]1(CCN(C)CCC(C)(C)c1nc2ccccc2[nH]1)OC(=O)NCCN(C)C. The zero-order valence-electron chi connectivity index (χ0n) is 25.9. The van der Waals surface area contributed by atoms with E-state index in [1.54, 1.807) is 6.07 Å². The molecule has 0 saturated heterocycles. The number of halogens is 1. The van der Waals surface area contributed by atoms with E-state index >= 15 is 0 Å². The number of fused-ring (bicyclic) bond motifs is 2. The first-order valence-corrected chi connectivity index (χ1v) is 14.9. The van der Waals surface area contributed by atoms with Crippen LogP contribution in [-0.4, -0.2) is 78.8 Å². The molecule has 1 aliphatic rings. The Morgan fingerprint density at radius 3 is 2.63 bits per heavy atom. The van der Waals surface area contributed by atoms with Crippen LogP contribution in [-0.2, 0) is 16.6 Å². The highest BCUT2D eigenvalue weighted by atomic mass is 19.1. The van der Waals surface area contributed by atoms with Crippen LogP contribution in [0.1, 0.15) is 69.8 Å². The van der Waals surface area contributed by atoms with Crippen molar-refractivity contribution >= 4 is 17.1 Å². The number of aryl methyl sites for hydroxylation is 1. The second-order valence-corrected chi connectivity index (χ2v) is 13.0. The van der Waals surface area contributed by atoms with Crippen molar-refractivity contribution in [2.45, 2.75) is 70.3 Å². The molecule has 2 N–H and O–H groups in total. The number of ether oxygens (including phenoxy) is 1. The average Bonchev–Trinajstić information content (AvgIpc) is 3.36. The molecule has 0 fully saturated rings. The summed E-state index contributed by atoms with van der Waals surface area (Å²) in [5.74, 6) is 0.975. The molecule has 0 bridgehead atoms. The fraction of sp³-hybridized carbons (Fsp3) is 0.576. The Morgan fingerprint density at radius 2 is 1.93 bits per heavy atom. The lowest BCUT2D eigenvalue weighted by atomic mass is 9.65. The highest BCUT2D eigenvalue weighted by Crippen LogP contribution is 2.48. The van der Waals surface area contributed by atoms with Crippen molar-refractivity contribution in [2.75, 3.05) is 47.3 Å². The summed E-state index contributed by atoms with van der Waals surface area (Å²) in [6.07, 6.45) is 2.61. The number of hydrogen-bond donors (Lipinski definition) is 2. The van der Waals surface area contributed by atoms with E-state index < -0.39 is 5.60 Å². The lowest BCUT2D eigenvalue weighted by Gasteiger charge is -2.47. The van der Waals surface area contributed by atoms with E-state index in [1.165, 1.54) is 6.07 Å². The van der Waals surface area contributed by atoms with Crippen LogP contribution >= 0.6 is 0 Å². The third kappa shape index (κ3) is 7.46. The maximum Gasteiger partial charge on any atom is 0.407 e. The van der Waals surface area contributed by atoms with Gasteiger partial charge in [0.05, 0.1) is 11.0 Å². The third-order valence-corrected chi connectivity index (χ3v) is 8.68. The topological polar surface area (TPSA) is 73.5 Å². The molecule has 41 heavy (non-hydrogen) atoms. The highest BCUT2D eigenvalue weighted by Gasteiger charge is 2.48. The van der Waals surface area contributed by atoms with Gasteiger partial charge in [0.15, 0.2) is 0 Å². The number of carbonyl (C=O) groups excluding carboxylic acids is 1. The fourth-order valence-electron chi connectivity index (χ4n) is 6.25. The van der Waals surface area contributed by atoms with E-state index in [2.05, 4.69) is 56.0 Å². The Morgan fingerprint density at radius 1 is 1.17 bits per heavy atom. The molecule has 3 aromatic rings. The average molecular weight is 566 g/mol. The standard InChI is InChI=1S/C33H48FN5O2/c1-23(2)29-26-13-12-25(34)22-24(26)14-15-33(29,41-31(40)35-18-21-38(5)6)17-20-39(7)19-16-32(3,4)30-36-27-10-8-9-11-28(27)37-30/h8-13,22-23,29H,14-21H2,1-7H3,(H,35,40)(H,36,37)/t29-,33-/m0/s1. The number of rotatable bonds is 12. The molecule has 0 saturated carbocycles. The van der Waals surface area contributed by atoms with Crippen molar-refractivity contribution < 1.29 is 13.9 Å². The molecule has 0 spiro atoms. The summed E-state index contributed by atoms with van der Waals surface area (Å²) in [5, 5.41) is 2.95. The molecular formula is C33H48FN5O2. The van der Waals surface area contributed by atoms with Gasteiger partial charge in [0.25, 0.3) is 0 Å². The lowest BCUT2D eigenvalue weighted by Crippen LogP contribution is -2.50. The molecule has 8 heteroatoms. The van der Waals surface area contributed by atoms with Gasteiger partial charge in [0.1, 0.15) is 17.2 Å². The van der Waals surface area contributed by atoms with Crippen LogP contribution in [0.25, 0.3) is 11.0 Å². The number of imidazole rings is 1. The van der Waals surface area contributed by atoms with Crippen LogP contribution in [0.15, 0.2) is 42.5 Å². The van der Waals surface area contributed by atoms with Gasteiger partial charge >= 0.3 is 6.09 Å². The number of carbonyl (C=O) groups is 1. The summed E-state index contributed by atoms with van der Waals surface area (Å²) in [4.78, 5) is 25.8. The fourth-order valence-corrected chi connectivity index (χ4v) is 6.25. The van der Waals surface area contributed by atoms with Gasteiger partial charge in [-0.25, -0.2) is 14.2 Å². The summed E-state index contributed by atoms with van der Waals surface area (Å²) in [6, 6.07) is 13.2. The number of H-pyrrole nitrogens is 1. The van der Waals surface area contributed by atoms with E-state index in [9.17, 15) is 9.18 Å². The molecule has 1 heterocycles. The van der Waals surface area contributed by atoms with Crippen LogP contribution < -0.4 is 5.32 Å². The van der Waals surface area contributed by atoms with Crippen LogP contribution in [0.3, 0.4) is 0 Å². The molecule has 0 radical (unpaired) electrons. The van der Waals surface area contributed by atoms with Gasteiger partial charge in [-0.1, -0.05) is 45.9 Å². The Labute approximate surface area is 244 Å². The number of hydrogen-bond acceptors (Lipinski definition) is 5. The number of amides is 1. The summed E-state index contributed by atoms with van der Waals surface area (Å²) >= 11 is 0. The van der Waals surface area contributed by atoms with Crippen LogP contribution in [0.2, 0.25) is 0 Å². The number of nitrogens with one attached hydrogen (secondary N) is 2. The van der Waals surface area contributed by atoms with Gasteiger partial charge in [-0.3, -0.25) is 0 Å². The van der Waals surface area contributed by atoms with Crippen LogP contribution in [0.4, 0.5) is 9.18 Å². The second kappa shape index (κ2) is 12.9. The molecule has 4 rings (SSSR count). The number of benzene rings is 2. The van der Waals surface area contributed by atoms with Crippen molar-refractivity contribution in [3.8, 4) is 0 Å². The first kappa shape index (κ1) is 31.0. The van der Waals surface area contributed by atoms with Crippen molar-refractivity contribution in [1.29, 1.82) is 0 Å². The number of aromatic amines is 1. The minimum atomic E-state index is -0.677. The predicted molar refractivity (Wildman–Crippen MR) is 164 cm³/mol. The number of nitrogens with zero attached hydrogens (tertiary/aromatic N) is 3. The minimum absolute atomic E-state index is 0.0214. The summed E-state index contributed by atoms with van der Waals surface area (Å²) < 4.78 is 20.6. The van der Waals surface area contributed by atoms with E-state index in [0.717, 1.165) is 54.0 Å². The number of alkyl carbamates (subject to hydrolysis) is 1. The largest absolute Gasteiger partial charge is 0.442 e.